The Hall–Kier alpha value is -2.25. The number of benzene rings is 1. The zero-order chi connectivity index (χ0) is 19.1. The molecule has 8 heteroatoms. The first-order chi connectivity index (χ1) is 11.5. The molecule has 1 aromatic rings. The number of halogens is 3. The molecule has 0 saturated carbocycles. The Morgan fingerprint density at radius 3 is 2.20 bits per heavy atom. The summed E-state index contributed by atoms with van der Waals surface area (Å²) in [6.07, 6.45) is -2.75. The van der Waals surface area contributed by atoms with Crippen molar-refractivity contribution in [3.8, 4) is 5.75 Å². The minimum absolute atomic E-state index is 0.103. The Labute approximate surface area is 144 Å². The van der Waals surface area contributed by atoms with Crippen molar-refractivity contribution in [1.82, 2.24) is 5.32 Å². The lowest BCUT2D eigenvalue weighted by atomic mass is 9.83. The Kier molecular flexibility index (Phi) is 7.26. The van der Waals surface area contributed by atoms with Crippen molar-refractivity contribution in [2.24, 2.45) is 0 Å². The van der Waals surface area contributed by atoms with Crippen LogP contribution in [0.15, 0.2) is 24.3 Å². The number of carbonyl (C=O) groups excluding carboxylic acids is 1. The van der Waals surface area contributed by atoms with Crippen molar-refractivity contribution >= 4 is 11.9 Å². The maximum Gasteiger partial charge on any atom is 0.573 e. The molecule has 5 nitrogen and oxygen atoms in total. The third-order valence-electron chi connectivity index (χ3n) is 3.73. The fraction of sp³-hybridized carbons (Fsp3) is 0.529. The number of hydrogen-bond donors (Lipinski definition) is 2. The molecule has 0 aromatic heterocycles. The third-order valence-corrected chi connectivity index (χ3v) is 3.73. The minimum Gasteiger partial charge on any atom is -0.481 e. The van der Waals surface area contributed by atoms with Crippen LogP contribution in [0.5, 0.6) is 5.75 Å². The van der Waals surface area contributed by atoms with Crippen LogP contribution in [0.1, 0.15) is 45.1 Å². The molecule has 0 spiro atoms. The minimum atomic E-state index is -4.75. The Bertz CT molecular complexity index is 583. The van der Waals surface area contributed by atoms with Crippen molar-refractivity contribution in [2.45, 2.75) is 51.3 Å². The molecule has 0 radical (unpaired) electrons. The summed E-state index contributed by atoms with van der Waals surface area (Å²) < 4.78 is 40.3. The lowest BCUT2D eigenvalue weighted by Crippen LogP contribution is -2.40. The number of alkyl halides is 3. The van der Waals surface area contributed by atoms with E-state index in [1.807, 2.05) is 0 Å². The van der Waals surface area contributed by atoms with Gasteiger partial charge in [-0.15, -0.1) is 13.2 Å². The summed E-state index contributed by atoms with van der Waals surface area (Å²) in [4.78, 5) is 22.7. The van der Waals surface area contributed by atoms with Gasteiger partial charge in [0.15, 0.2) is 0 Å². The summed E-state index contributed by atoms with van der Waals surface area (Å²) in [5, 5.41) is 11.3. The van der Waals surface area contributed by atoms with Gasteiger partial charge in [0.25, 0.3) is 0 Å². The van der Waals surface area contributed by atoms with Crippen LogP contribution in [0.2, 0.25) is 0 Å². The van der Waals surface area contributed by atoms with Gasteiger partial charge in [-0.2, -0.15) is 0 Å². The molecule has 140 valence electrons. The summed E-state index contributed by atoms with van der Waals surface area (Å²) in [5.41, 5.74) is -0.358. The van der Waals surface area contributed by atoms with Gasteiger partial charge in [0.1, 0.15) is 5.75 Å². The lowest BCUT2D eigenvalue weighted by Gasteiger charge is -2.24. The van der Waals surface area contributed by atoms with E-state index in [0.29, 0.717) is 31.4 Å². The van der Waals surface area contributed by atoms with Crippen molar-refractivity contribution < 1.29 is 32.6 Å². The molecule has 0 bridgehead atoms. The maximum atomic E-state index is 12.3. The number of amides is 1. The zero-order valence-corrected chi connectivity index (χ0v) is 14.2. The fourth-order valence-corrected chi connectivity index (χ4v) is 2.21. The number of nitrogens with one attached hydrogen (secondary N) is 1. The first kappa shape index (κ1) is 20.8. The van der Waals surface area contributed by atoms with E-state index >= 15 is 0 Å². The number of carboxylic acids is 1. The van der Waals surface area contributed by atoms with Crippen LogP contribution in [0.4, 0.5) is 13.2 Å². The molecule has 0 aliphatic rings. The van der Waals surface area contributed by atoms with Crippen molar-refractivity contribution in [3.63, 3.8) is 0 Å². The van der Waals surface area contributed by atoms with Gasteiger partial charge >= 0.3 is 12.3 Å². The number of hydrogen-bond acceptors (Lipinski definition) is 3. The highest BCUT2D eigenvalue weighted by Gasteiger charge is 2.32. The van der Waals surface area contributed by atoms with Gasteiger partial charge in [-0.05, 0) is 44.4 Å². The van der Waals surface area contributed by atoms with E-state index in [1.54, 1.807) is 13.8 Å². The quantitative estimate of drug-likeness (QED) is 0.659. The van der Waals surface area contributed by atoms with E-state index < -0.39 is 17.7 Å². The second kappa shape index (κ2) is 8.73. The van der Waals surface area contributed by atoms with E-state index in [4.69, 9.17) is 5.11 Å². The summed E-state index contributed by atoms with van der Waals surface area (Å²) in [5.74, 6) is -1.44. The summed E-state index contributed by atoms with van der Waals surface area (Å²) in [7, 11) is 0. The molecule has 0 fully saturated rings. The van der Waals surface area contributed by atoms with Gasteiger partial charge in [0, 0.05) is 13.0 Å². The van der Waals surface area contributed by atoms with Crippen molar-refractivity contribution in [2.75, 3.05) is 6.54 Å². The Morgan fingerprint density at radius 2 is 1.68 bits per heavy atom. The van der Waals surface area contributed by atoms with E-state index in [9.17, 15) is 22.8 Å². The lowest BCUT2D eigenvalue weighted by molar-refractivity contribution is -0.274. The number of carboxylic acid groups (broad SMARTS) is 1. The highest BCUT2D eigenvalue weighted by atomic mass is 19.4. The molecule has 1 aromatic carbocycles. The van der Waals surface area contributed by atoms with Crippen molar-refractivity contribution in [3.05, 3.63) is 29.8 Å². The zero-order valence-electron chi connectivity index (χ0n) is 14.2. The highest BCUT2D eigenvalue weighted by molar-refractivity contribution is 5.87. The van der Waals surface area contributed by atoms with Gasteiger partial charge in [-0.25, -0.2) is 0 Å². The molecule has 1 rings (SSSR count). The van der Waals surface area contributed by atoms with Crippen LogP contribution in [-0.4, -0.2) is 29.9 Å². The van der Waals surface area contributed by atoms with Gasteiger partial charge in [-0.3, -0.25) is 9.59 Å². The molecule has 0 aliphatic heterocycles. The number of rotatable bonds is 9. The average molecular weight is 361 g/mol. The topological polar surface area (TPSA) is 75.6 Å². The molecule has 0 saturated heterocycles. The number of ether oxygens (including phenoxy) is 1. The van der Waals surface area contributed by atoms with Crippen LogP contribution >= 0.6 is 0 Å². The average Bonchev–Trinajstić information content (AvgIpc) is 2.49. The SMILES string of the molecule is CC(C)(C(=O)NCCCCCC(=O)O)c1ccc(OC(F)(F)F)cc1. The van der Waals surface area contributed by atoms with E-state index in [1.165, 1.54) is 24.3 Å². The van der Waals surface area contributed by atoms with Crippen LogP contribution in [0.25, 0.3) is 0 Å². The predicted molar refractivity (Wildman–Crippen MR) is 85.3 cm³/mol. The molecule has 1 amide bonds. The number of unbranched alkanes of at least 4 members (excludes halogenated alkanes) is 2. The maximum absolute atomic E-state index is 12.3. The largest absolute Gasteiger partial charge is 0.573 e. The first-order valence-electron chi connectivity index (χ1n) is 7.89. The van der Waals surface area contributed by atoms with E-state index in [0.717, 1.165) is 0 Å². The smallest absolute Gasteiger partial charge is 0.481 e. The molecule has 2 N–H and O–H groups in total. The van der Waals surface area contributed by atoms with Crippen LogP contribution in [0.3, 0.4) is 0 Å². The molecule has 25 heavy (non-hydrogen) atoms. The molecule has 0 heterocycles. The highest BCUT2D eigenvalue weighted by Crippen LogP contribution is 2.28. The van der Waals surface area contributed by atoms with Crippen LogP contribution < -0.4 is 10.1 Å². The van der Waals surface area contributed by atoms with Gasteiger partial charge < -0.3 is 15.2 Å². The molecular weight excluding hydrogens is 339 g/mol. The summed E-state index contributed by atoms with van der Waals surface area (Å²) in [6.45, 7) is 3.76. The molecule has 0 atom stereocenters. The molecule has 0 aliphatic carbocycles. The monoisotopic (exact) mass is 361 g/mol. The molecular formula is C17H22F3NO4. The molecule has 0 unspecified atom stereocenters. The van der Waals surface area contributed by atoms with Gasteiger partial charge in [0.05, 0.1) is 5.41 Å². The van der Waals surface area contributed by atoms with Crippen LogP contribution in [-0.2, 0) is 15.0 Å². The number of carbonyl (C=O) groups is 2. The van der Waals surface area contributed by atoms with Gasteiger partial charge in [-0.1, -0.05) is 18.6 Å². The second-order valence-electron chi connectivity index (χ2n) is 6.16. The van der Waals surface area contributed by atoms with Crippen LogP contribution in [0, 0.1) is 0 Å². The number of aliphatic carboxylic acids is 1. The van der Waals surface area contributed by atoms with E-state index in [2.05, 4.69) is 10.1 Å². The predicted octanol–water partition coefficient (Wildman–Crippen LogP) is 3.62. The second-order valence-corrected chi connectivity index (χ2v) is 6.16. The normalized spacial score (nSPS) is 11.9. The first-order valence-corrected chi connectivity index (χ1v) is 7.89. The Morgan fingerprint density at radius 1 is 1.08 bits per heavy atom. The summed E-state index contributed by atoms with van der Waals surface area (Å²) in [6, 6.07) is 5.19. The standard InChI is InChI=1S/C17H22F3NO4/c1-16(2,15(24)21-11-5-3-4-6-14(22)23)12-7-9-13(10-8-12)25-17(18,19)20/h7-10H,3-6,11H2,1-2H3,(H,21,24)(H,22,23). The fourth-order valence-electron chi connectivity index (χ4n) is 2.21. The van der Waals surface area contributed by atoms with Crippen molar-refractivity contribution in [1.29, 1.82) is 0 Å². The Balaban J connectivity index is 2.52. The van der Waals surface area contributed by atoms with Gasteiger partial charge in [0.2, 0.25) is 5.91 Å². The third kappa shape index (κ3) is 7.45. The van der Waals surface area contributed by atoms with E-state index in [-0.39, 0.29) is 18.1 Å². The summed E-state index contributed by atoms with van der Waals surface area (Å²) >= 11 is 0.